The third kappa shape index (κ3) is 3.26. The predicted molar refractivity (Wildman–Crippen MR) is 71.5 cm³/mol. The van der Waals surface area contributed by atoms with E-state index in [-0.39, 0.29) is 17.9 Å². The lowest BCUT2D eigenvalue weighted by Gasteiger charge is -2.28. The van der Waals surface area contributed by atoms with Crippen molar-refractivity contribution >= 4 is 11.8 Å². The van der Waals surface area contributed by atoms with Gasteiger partial charge in [-0.3, -0.25) is 9.59 Å². The second kappa shape index (κ2) is 5.49. The molecule has 0 radical (unpaired) electrons. The molecule has 2 N–H and O–H groups in total. The van der Waals surface area contributed by atoms with Crippen LogP contribution in [0.25, 0.3) is 0 Å². The van der Waals surface area contributed by atoms with Gasteiger partial charge < -0.3 is 15.5 Å². The van der Waals surface area contributed by atoms with E-state index in [0.29, 0.717) is 24.8 Å². The monoisotopic (exact) mass is 265 g/mol. The Kier molecular flexibility index (Phi) is 3.73. The number of hydrogen-bond donors (Lipinski definition) is 2. The van der Waals surface area contributed by atoms with Crippen molar-refractivity contribution in [2.75, 3.05) is 19.6 Å². The Bertz CT molecular complexity index is 362. The molecule has 2 amide bonds. The van der Waals surface area contributed by atoms with Gasteiger partial charge in [0.1, 0.15) is 6.04 Å². The summed E-state index contributed by atoms with van der Waals surface area (Å²) in [6.45, 7) is 2.75. The van der Waals surface area contributed by atoms with Crippen LogP contribution in [-0.2, 0) is 9.59 Å². The number of rotatable bonds is 5. The van der Waals surface area contributed by atoms with Crippen molar-refractivity contribution in [3.63, 3.8) is 0 Å². The lowest BCUT2D eigenvalue weighted by atomic mass is 10.1. The fourth-order valence-corrected chi connectivity index (χ4v) is 3.06. The molecular weight excluding hydrogens is 242 g/mol. The SMILES string of the molecule is O=C1CC[C@@H](C(=O)N(CC2CC2)CC2CCCN2)N1. The summed E-state index contributed by atoms with van der Waals surface area (Å²) in [7, 11) is 0. The highest BCUT2D eigenvalue weighted by atomic mass is 16.2. The lowest BCUT2D eigenvalue weighted by Crippen LogP contribution is -2.49. The number of nitrogens with zero attached hydrogens (tertiary/aromatic N) is 1. The fourth-order valence-electron chi connectivity index (χ4n) is 3.06. The summed E-state index contributed by atoms with van der Waals surface area (Å²) in [6, 6.07) is 0.174. The van der Waals surface area contributed by atoms with Crippen molar-refractivity contribution in [3.05, 3.63) is 0 Å². The topological polar surface area (TPSA) is 61.4 Å². The van der Waals surface area contributed by atoms with Crippen LogP contribution in [0.3, 0.4) is 0 Å². The van der Waals surface area contributed by atoms with Crippen molar-refractivity contribution in [2.24, 2.45) is 5.92 Å². The molecule has 0 aromatic rings. The average Bonchev–Trinajstić information content (AvgIpc) is 2.89. The van der Waals surface area contributed by atoms with Crippen molar-refractivity contribution in [1.82, 2.24) is 15.5 Å². The van der Waals surface area contributed by atoms with E-state index in [1.165, 1.54) is 19.3 Å². The lowest BCUT2D eigenvalue weighted by molar-refractivity contribution is -0.134. The first-order valence-corrected chi connectivity index (χ1v) is 7.54. The van der Waals surface area contributed by atoms with Crippen molar-refractivity contribution in [2.45, 2.75) is 50.6 Å². The summed E-state index contributed by atoms with van der Waals surface area (Å²) in [6.07, 6.45) is 6.02. The summed E-state index contributed by atoms with van der Waals surface area (Å²) < 4.78 is 0. The van der Waals surface area contributed by atoms with Gasteiger partial charge in [0.05, 0.1) is 0 Å². The van der Waals surface area contributed by atoms with E-state index < -0.39 is 0 Å². The summed E-state index contributed by atoms with van der Waals surface area (Å²) in [5.74, 6) is 0.845. The maximum absolute atomic E-state index is 12.5. The summed E-state index contributed by atoms with van der Waals surface area (Å²) in [4.78, 5) is 25.8. The first-order valence-electron chi connectivity index (χ1n) is 7.54. The number of nitrogens with one attached hydrogen (secondary N) is 2. The second-order valence-electron chi connectivity index (χ2n) is 6.14. The quantitative estimate of drug-likeness (QED) is 0.749. The number of amides is 2. The van der Waals surface area contributed by atoms with E-state index in [1.807, 2.05) is 4.90 Å². The van der Waals surface area contributed by atoms with E-state index in [2.05, 4.69) is 10.6 Å². The van der Waals surface area contributed by atoms with Gasteiger partial charge in [-0.05, 0) is 44.6 Å². The van der Waals surface area contributed by atoms with Gasteiger partial charge in [0, 0.05) is 25.6 Å². The highest BCUT2D eigenvalue weighted by Gasteiger charge is 2.35. The Morgan fingerprint density at radius 2 is 2.05 bits per heavy atom. The molecule has 1 unspecified atom stereocenters. The standard InChI is InChI=1S/C14H23N3O2/c18-13-6-5-12(16-13)14(19)17(8-10-3-4-10)9-11-2-1-7-15-11/h10-12,15H,1-9H2,(H,16,18)/t11?,12-/m0/s1. The summed E-state index contributed by atoms with van der Waals surface area (Å²) in [5, 5.41) is 6.26. The van der Waals surface area contributed by atoms with Crippen LogP contribution in [0.4, 0.5) is 0 Å². The molecule has 1 aliphatic carbocycles. The Hall–Kier alpha value is -1.10. The van der Waals surface area contributed by atoms with E-state index in [4.69, 9.17) is 0 Å². The van der Waals surface area contributed by atoms with Gasteiger partial charge in [-0.2, -0.15) is 0 Å². The molecule has 0 spiro atoms. The third-order valence-electron chi connectivity index (χ3n) is 4.38. The van der Waals surface area contributed by atoms with Gasteiger partial charge in [-0.15, -0.1) is 0 Å². The molecule has 3 fully saturated rings. The smallest absolute Gasteiger partial charge is 0.245 e. The molecule has 5 heteroatoms. The molecule has 0 aromatic carbocycles. The van der Waals surface area contributed by atoms with Crippen LogP contribution in [0.15, 0.2) is 0 Å². The molecule has 2 atom stereocenters. The zero-order valence-corrected chi connectivity index (χ0v) is 11.4. The van der Waals surface area contributed by atoms with E-state index in [9.17, 15) is 9.59 Å². The van der Waals surface area contributed by atoms with Crippen LogP contribution < -0.4 is 10.6 Å². The molecule has 5 nitrogen and oxygen atoms in total. The van der Waals surface area contributed by atoms with Crippen molar-refractivity contribution < 1.29 is 9.59 Å². The molecular formula is C14H23N3O2. The van der Waals surface area contributed by atoms with Crippen LogP contribution in [0, 0.1) is 5.92 Å². The Morgan fingerprint density at radius 1 is 1.21 bits per heavy atom. The van der Waals surface area contributed by atoms with E-state index in [0.717, 1.165) is 26.1 Å². The minimum Gasteiger partial charge on any atom is -0.344 e. The van der Waals surface area contributed by atoms with Gasteiger partial charge in [0.2, 0.25) is 11.8 Å². The molecule has 2 heterocycles. The normalized spacial score (nSPS) is 30.4. The van der Waals surface area contributed by atoms with Crippen LogP contribution in [0.1, 0.15) is 38.5 Å². The maximum atomic E-state index is 12.5. The maximum Gasteiger partial charge on any atom is 0.245 e. The van der Waals surface area contributed by atoms with Gasteiger partial charge in [0.15, 0.2) is 0 Å². The molecule has 2 saturated heterocycles. The first kappa shape index (κ1) is 12.9. The first-order chi connectivity index (χ1) is 9.22. The largest absolute Gasteiger partial charge is 0.344 e. The van der Waals surface area contributed by atoms with E-state index in [1.54, 1.807) is 0 Å². The number of carbonyl (C=O) groups excluding carboxylic acids is 2. The highest BCUT2D eigenvalue weighted by molar-refractivity contribution is 5.90. The minimum atomic E-state index is -0.271. The molecule has 3 rings (SSSR count). The summed E-state index contributed by atoms with van der Waals surface area (Å²) >= 11 is 0. The molecule has 2 aliphatic heterocycles. The Morgan fingerprint density at radius 3 is 2.63 bits per heavy atom. The Labute approximate surface area is 114 Å². The number of hydrogen-bond acceptors (Lipinski definition) is 3. The van der Waals surface area contributed by atoms with Crippen LogP contribution in [0.2, 0.25) is 0 Å². The Balaban J connectivity index is 1.59. The molecule has 1 saturated carbocycles. The summed E-state index contributed by atoms with van der Waals surface area (Å²) in [5.41, 5.74) is 0. The van der Waals surface area contributed by atoms with Crippen LogP contribution >= 0.6 is 0 Å². The zero-order valence-electron chi connectivity index (χ0n) is 11.4. The highest BCUT2D eigenvalue weighted by Crippen LogP contribution is 2.30. The van der Waals surface area contributed by atoms with Gasteiger partial charge in [-0.1, -0.05) is 0 Å². The minimum absolute atomic E-state index is 0.0173. The van der Waals surface area contributed by atoms with Crippen molar-refractivity contribution in [1.29, 1.82) is 0 Å². The number of carbonyl (C=O) groups is 2. The zero-order chi connectivity index (χ0) is 13.2. The van der Waals surface area contributed by atoms with Gasteiger partial charge >= 0.3 is 0 Å². The van der Waals surface area contributed by atoms with Crippen LogP contribution in [-0.4, -0.2) is 48.4 Å². The third-order valence-corrected chi connectivity index (χ3v) is 4.38. The van der Waals surface area contributed by atoms with Gasteiger partial charge in [0.25, 0.3) is 0 Å². The second-order valence-corrected chi connectivity index (χ2v) is 6.14. The molecule has 106 valence electrons. The van der Waals surface area contributed by atoms with E-state index >= 15 is 0 Å². The molecule has 19 heavy (non-hydrogen) atoms. The molecule has 3 aliphatic rings. The molecule has 0 bridgehead atoms. The fraction of sp³-hybridized carbons (Fsp3) is 0.857. The van der Waals surface area contributed by atoms with Crippen LogP contribution in [0.5, 0.6) is 0 Å². The van der Waals surface area contributed by atoms with Crippen molar-refractivity contribution in [3.8, 4) is 0 Å². The van der Waals surface area contributed by atoms with Gasteiger partial charge in [-0.25, -0.2) is 0 Å². The predicted octanol–water partition coefficient (Wildman–Crippen LogP) is 0.256. The molecule has 0 aromatic heterocycles. The average molecular weight is 265 g/mol.